The van der Waals surface area contributed by atoms with Crippen LogP contribution >= 0.6 is 11.8 Å². The lowest BCUT2D eigenvalue weighted by molar-refractivity contribution is -0.116. The third kappa shape index (κ3) is 3.17. The number of hydrogen-bond donors (Lipinski definition) is 2. The van der Waals surface area contributed by atoms with E-state index < -0.39 is 0 Å². The van der Waals surface area contributed by atoms with E-state index in [1.54, 1.807) is 18.9 Å². The second-order valence-corrected chi connectivity index (χ2v) is 5.43. The fraction of sp³-hybridized carbons (Fsp3) is 0.462. The predicted octanol–water partition coefficient (Wildman–Crippen LogP) is 2.28. The van der Waals surface area contributed by atoms with Gasteiger partial charge in [0.25, 0.3) is 0 Å². The number of nitrogen functional groups attached to an aromatic ring is 1. The minimum absolute atomic E-state index is 0.0857. The number of amides is 1. The maximum Gasteiger partial charge on any atom is 0.224 e. The van der Waals surface area contributed by atoms with Gasteiger partial charge in [0, 0.05) is 42.2 Å². The van der Waals surface area contributed by atoms with Gasteiger partial charge in [0.15, 0.2) is 0 Å². The molecule has 0 spiro atoms. The average molecular weight is 266 g/mol. The van der Waals surface area contributed by atoms with Crippen LogP contribution in [0.25, 0.3) is 0 Å². The summed E-state index contributed by atoms with van der Waals surface area (Å²) in [6.45, 7) is 0.759. The van der Waals surface area contributed by atoms with Gasteiger partial charge in [-0.1, -0.05) is 0 Å². The summed E-state index contributed by atoms with van der Waals surface area (Å²) in [6.07, 6.45) is 2.32. The zero-order valence-electron chi connectivity index (χ0n) is 10.5. The predicted molar refractivity (Wildman–Crippen MR) is 75.0 cm³/mol. The summed E-state index contributed by atoms with van der Waals surface area (Å²) in [4.78, 5) is 12.4. The Kier molecular flexibility index (Phi) is 4.49. The van der Waals surface area contributed by atoms with E-state index in [4.69, 9.17) is 10.5 Å². The molecule has 3 N–H and O–H groups in total. The highest BCUT2D eigenvalue weighted by atomic mass is 32.2. The van der Waals surface area contributed by atoms with Gasteiger partial charge in [-0.25, -0.2) is 0 Å². The van der Waals surface area contributed by atoms with Gasteiger partial charge in [0.1, 0.15) is 0 Å². The highest BCUT2D eigenvalue weighted by Gasteiger charge is 2.16. The summed E-state index contributed by atoms with van der Waals surface area (Å²) in [5, 5.41) is 2.90. The van der Waals surface area contributed by atoms with E-state index in [1.165, 1.54) is 0 Å². The van der Waals surface area contributed by atoms with Crippen LogP contribution in [0.2, 0.25) is 0 Å². The van der Waals surface area contributed by atoms with E-state index in [0.717, 1.165) is 47.0 Å². The van der Waals surface area contributed by atoms with Crippen LogP contribution in [0.5, 0.6) is 0 Å². The lowest BCUT2D eigenvalue weighted by Crippen LogP contribution is -2.19. The smallest absolute Gasteiger partial charge is 0.224 e. The number of hydrogen-bond acceptors (Lipinski definition) is 4. The van der Waals surface area contributed by atoms with E-state index in [2.05, 4.69) is 5.32 Å². The second kappa shape index (κ2) is 6.11. The Morgan fingerprint density at radius 1 is 1.44 bits per heavy atom. The van der Waals surface area contributed by atoms with Crippen molar-refractivity contribution in [3.05, 3.63) is 17.7 Å². The zero-order chi connectivity index (χ0) is 13.0. The van der Waals surface area contributed by atoms with Crippen LogP contribution in [0.15, 0.2) is 17.0 Å². The van der Waals surface area contributed by atoms with Crippen molar-refractivity contribution in [2.24, 2.45) is 0 Å². The number of methoxy groups -OCH3 is 1. The Bertz CT molecular complexity index is 449. The number of nitrogens with one attached hydrogen (secondary N) is 1. The van der Waals surface area contributed by atoms with E-state index in [1.807, 2.05) is 12.1 Å². The number of carbonyl (C=O) groups excluding carboxylic acids is 1. The maximum absolute atomic E-state index is 11.4. The average Bonchev–Trinajstić information content (AvgIpc) is 2.35. The van der Waals surface area contributed by atoms with Gasteiger partial charge >= 0.3 is 0 Å². The van der Waals surface area contributed by atoms with Gasteiger partial charge in [-0.2, -0.15) is 0 Å². The number of ether oxygens (including phenoxy) is 1. The largest absolute Gasteiger partial charge is 0.398 e. The van der Waals surface area contributed by atoms with E-state index in [-0.39, 0.29) is 5.91 Å². The molecule has 1 amide bonds. The Labute approximate surface area is 111 Å². The molecule has 0 saturated heterocycles. The molecule has 1 aromatic rings. The number of thioether (sulfide) groups is 1. The van der Waals surface area contributed by atoms with Crippen molar-refractivity contribution in [3.63, 3.8) is 0 Å². The molecule has 1 aromatic carbocycles. The molecule has 4 nitrogen and oxygen atoms in total. The van der Waals surface area contributed by atoms with Crippen LogP contribution in [-0.2, 0) is 16.0 Å². The summed E-state index contributed by atoms with van der Waals surface area (Å²) < 4.78 is 5.01. The maximum atomic E-state index is 11.4. The van der Waals surface area contributed by atoms with Crippen LogP contribution in [0.1, 0.15) is 18.4 Å². The first-order chi connectivity index (χ1) is 8.70. The summed E-state index contributed by atoms with van der Waals surface area (Å²) in [5.74, 6) is 1.05. The molecule has 0 saturated carbocycles. The third-order valence-electron chi connectivity index (χ3n) is 2.88. The molecular formula is C13H18N2O2S. The van der Waals surface area contributed by atoms with Gasteiger partial charge in [-0.05, 0) is 30.5 Å². The Hall–Kier alpha value is -1.20. The van der Waals surface area contributed by atoms with E-state index in [0.29, 0.717) is 6.42 Å². The summed E-state index contributed by atoms with van der Waals surface area (Å²) in [6, 6.07) is 3.96. The van der Waals surface area contributed by atoms with Crippen LogP contribution < -0.4 is 11.1 Å². The minimum Gasteiger partial charge on any atom is -0.398 e. The van der Waals surface area contributed by atoms with Gasteiger partial charge in [0.2, 0.25) is 5.91 Å². The van der Waals surface area contributed by atoms with Crippen molar-refractivity contribution in [1.82, 2.24) is 0 Å². The van der Waals surface area contributed by atoms with Crippen LogP contribution in [0, 0.1) is 0 Å². The Morgan fingerprint density at radius 3 is 3.06 bits per heavy atom. The molecule has 0 bridgehead atoms. The molecule has 0 aromatic heterocycles. The van der Waals surface area contributed by atoms with Gasteiger partial charge in [-0.3, -0.25) is 4.79 Å². The first kappa shape index (κ1) is 13.2. The molecule has 5 heteroatoms. The highest BCUT2D eigenvalue weighted by molar-refractivity contribution is 7.99. The van der Waals surface area contributed by atoms with Crippen molar-refractivity contribution in [3.8, 4) is 0 Å². The second-order valence-electron chi connectivity index (χ2n) is 4.29. The van der Waals surface area contributed by atoms with Gasteiger partial charge in [0.05, 0.1) is 0 Å². The Morgan fingerprint density at radius 2 is 2.28 bits per heavy atom. The molecule has 0 radical (unpaired) electrons. The molecule has 1 heterocycles. The number of fused-ring (bicyclic) bond motifs is 1. The number of carbonyl (C=O) groups is 1. The standard InChI is InChI=1S/C13H18N2O2S/c1-17-5-2-6-18-12-8-11-9(7-10(12)14)3-4-13(16)15-11/h7-8H,2-6,14H2,1H3,(H,15,16). The minimum atomic E-state index is 0.0857. The molecule has 18 heavy (non-hydrogen) atoms. The molecule has 1 aliphatic rings. The van der Waals surface area contributed by atoms with Crippen LogP contribution in [0.3, 0.4) is 0 Å². The van der Waals surface area contributed by atoms with Crippen molar-refractivity contribution >= 4 is 29.0 Å². The van der Waals surface area contributed by atoms with Crippen LogP contribution in [0.4, 0.5) is 11.4 Å². The molecule has 0 fully saturated rings. The molecule has 0 aliphatic carbocycles. The number of nitrogens with two attached hydrogens (primary N) is 1. The quantitative estimate of drug-likeness (QED) is 0.487. The molecule has 2 rings (SSSR count). The van der Waals surface area contributed by atoms with Crippen molar-refractivity contribution in [1.29, 1.82) is 0 Å². The normalized spacial score (nSPS) is 14.2. The fourth-order valence-electron chi connectivity index (χ4n) is 1.94. The van der Waals surface area contributed by atoms with Crippen LogP contribution in [-0.4, -0.2) is 25.4 Å². The molecule has 0 atom stereocenters. The van der Waals surface area contributed by atoms with Crippen molar-refractivity contribution in [2.75, 3.05) is 30.5 Å². The summed E-state index contributed by atoms with van der Waals surface area (Å²) in [5.41, 5.74) is 8.87. The lowest BCUT2D eigenvalue weighted by Gasteiger charge is -2.19. The van der Waals surface area contributed by atoms with Gasteiger partial charge < -0.3 is 15.8 Å². The van der Waals surface area contributed by atoms with E-state index in [9.17, 15) is 4.79 Å². The fourth-order valence-corrected chi connectivity index (χ4v) is 2.85. The third-order valence-corrected chi connectivity index (χ3v) is 4.04. The molecule has 1 aliphatic heterocycles. The number of aryl methyl sites for hydroxylation is 1. The topological polar surface area (TPSA) is 64.3 Å². The number of anilines is 2. The number of benzene rings is 1. The molecule has 0 unspecified atom stereocenters. The van der Waals surface area contributed by atoms with E-state index >= 15 is 0 Å². The van der Waals surface area contributed by atoms with Crippen molar-refractivity contribution in [2.45, 2.75) is 24.2 Å². The summed E-state index contributed by atoms with van der Waals surface area (Å²) in [7, 11) is 1.70. The molecule has 98 valence electrons. The zero-order valence-corrected chi connectivity index (χ0v) is 11.3. The molecular weight excluding hydrogens is 248 g/mol. The monoisotopic (exact) mass is 266 g/mol. The lowest BCUT2D eigenvalue weighted by atomic mass is 10.0. The first-order valence-electron chi connectivity index (χ1n) is 6.04. The highest BCUT2D eigenvalue weighted by Crippen LogP contribution is 2.33. The first-order valence-corrected chi connectivity index (χ1v) is 7.03. The number of rotatable bonds is 5. The Balaban J connectivity index is 2.06. The summed E-state index contributed by atoms with van der Waals surface area (Å²) >= 11 is 1.70. The van der Waals surface area contributed by atoms with Gasteiger partial charge in [-0.15, -0.1) is 11.8 Å². The SMILES string of the molecule is COCCCSc1cc2c(cc1N)CCC(=O)N2. The van der Waals surface area contributed by atoms with Crippen molar-refractivity contribution < 1.29 is 9.53 Å².